The molecule has 19 heavy (non-hydrogen) atoms. The molecule has 1 N–H and O–H groups in total. The first-order chi connectivity index (χ1) is 8.97. The van der Waals surface area contributed by atoms with Gasteiger partial charge in [-0.2, -0.15) is 0 Å². The van der Waals surface area contributed by atoms with Gasteiger partial charge in [-0.15, -0.1) is 0 Å². The Morgan fingerprint density at radius 2 is 1.74 bits per heavy atom. The third-order valence-corrected chi connectivity index (χ3v) is 3.49. The highest BCUT2D eigenvalue weighted by Gasteiger charge is 2.14. The molecular weight excluding hydrogens is 286 g/mol. The van der Waals surface area contributed by atoms with Gasteiger partial charge in [0.05, 0.1) is 6.10 Å². The van der Waals surface area contributed by atoms with E-state index in [0.717, 1.165) is 11.1 Å². The van der Waals surface area contributed by atoms with Crippen LogP contribution in [0.1, 0.15) is 22.8 Å². The highest BCUT2D eigenvalue weighted by Crippen LogP contribution is 2.26. The van der Waals surface area contributed by atoms with Gasteiger partial charge in [-0.25, -0.2) is 4.39 Å². The summed E-state index contributed by atoms with van der Waals surface area (Å²) < 4.78 is 13.7. The number of aryl methyl sites for hydroxylation is 1. The maximum atomic E-state index is 13.7. The first kappa shape index (κ1) is 14.3. The van der Waals surface area contributed by atoms with Crippen LogP contribution in [0.25, 0.3) is 0 Å². The number of benzene rings is 2. The zero-order chi connectivity index (χ0) is 14.0. The first-order valence-corrected chi connectivity index (χ1v) is 6.61. The zero-order valence-electron chi connectivity index (χ0n) is 10.3. The van der Waals surface area contributed by atoms with Crippen molar-refractivity contribution in [3.8, 4) is 0 Å². The minimum Gasteiger partial charge on any atom is -0.388 e. The Morgan fingerprint density at radius 3 is 2.37 bits per heavy atom. The highest BCUT2D eigenvalue weighted by atomic mass is 35.5. The van der Waals surface area contributed by atoms with E-state index in [9.17, 15) is 9.50 Å². The summed E-state index contributed by atoms with van der Waals surface area (Å²) >= 11 is 11.6. The molecule has 100 valence electrons. The Balaban J connectivity index is 2.23. The van der Waals surface area contributed by atoms with Crippen molar-refractivity contribution in [2.24, 2.45) is 0 Å². The van der Waals surface area contributed by atoms with E-state index in [0.29, 0.717) is 15.6 Å². The Bertz CT molecular complexity index is 599. The SMILES string of the molecule is Cc1cc(Cl)ccc1C(O)Cc1ccc(Cl)cc1F. The smallest absolute Gasteiger partial charge is 0.127 e. The molecule has 0 aromatic heterocycles. The molecule has 0 aliphatic heterocycles. The third-order valence-electron chi connectivity index (χ3n) is 3.02. The first-order valence-electron chi connectivity index (χ1n) is 5.85. The van der Waals surface area contributed by atoms with Crippen LogP contribution in [-0.4, -0.2) is 5.11 Å². The van der Waals surface area contributed by atoms with E-state index in [1.54, 1.807) is 30.3 Å². The lowest BCUT2D eigenvalue weighted by Gasteiger charge is -2.14. The van der Waals surface area contributed by atoms with Crippen molar-refractivity contribution in [2.45, 2.75) is 19.4 Å². The second-order valence-corrected chi connectivity index (χ2v) is 5.33. The molecule has 0 spiro atoms. The van der Waals surface area contributed by atoms with Crippen LogP contribution in [0.3, 0.4) is 0 Å². The monoisotopic (exact) mass is 298 g/mol. The number of hydrogen-bond acceptors (Lipinski definition) is 1. The molecule has 0 saturated carbocycles. The van der Waals surface area contributed by atoms with E-state index >= 15 is 0 Å². The van der Waals surface area contributed by atoms with Gasteiger partial charge in [0.25, 0.3) is 0 Å². The molecule has 4 heteroatoms. The summed E-state index contributed by atoms with van der Waals surface area (Å²) in [5.41, 5.74) is 2.07. The molecule has 0 bridgehead atoms. The van der Waals surface area contributed by atoms with Crippen molar-refractivity contribution in [2.75, 3.05) is 0 Å². The van der Waals surface area contributed by atoms with Crippen molar-refractivity contribution < 1.29 is 9.50 Å². The number of hydrogen-bond donors (Lipinski definition) is 1. The lowest BCUT2D eigenvalue weighted by Crippen LogP contribution is -2.05. The molecule has 0 amide bonds. The van der Waals surface area contributed by atoms with E-state index < -0.39 is 11.9 Å². The van der Waals surface area contributed by atoms with Gasteiger partial charge in [0.1, 0.15) is 5.82 Å². The minimum absolute atomic E-state index is 0.200. The van der Waals surface area contributed by atoms with Crippen LogP contribution >= 0.6 is 23.2 Å². The molecular formula is C15H13Cl2FO. The second-order valence-electron chi connectivity index (χ2n) is 4.46. The van der Waals surface area contributed by atoms with Crippen LogP contribution < -0.4 is 0 Å². The molecule has 0 aliphatic rings. The maximum Gasteiger partial charge on any atom is 0.127 e. The second kappa shape index (κ2) is 5.91. The van der Waals surface area contributed by atoms with Gasteiger partial charge < -0.3 is 5.11 Å². The molecule has 0 radical (unpaired) electrons. The van der Waals surface area contributed by atoms with Crippen molar-refractivity contribution in [1.29, 1.82) is 0 Å². The fraction of sp³-hybridized carbons (Fsp3) is 0.200. The van der Waals surface area contributed by atoms with Gasteiger partial charge in [0, 0.05) is 16.5 Å². The number of rotatable bonds is 3. The van der Waals surface area contributed by atoms with Crippen LogP contribution in [0.4, 0.5) is 4.39 Å². The molecule has 0 heterocycles. The van der Waals surface area contributed by atoms with Gasteiger partial charge in [-0.3, -0.25) is 0 Å². The Labute approximate surface area is 121 Å². The summed E-state index contributed by atoms with van der Waals surface area (Å²) in [6.07, 6.45) is -0.571. The molecule has 1 unspecified atom stereocenters. The molecule has 1 atom stereocenters. The van der Waals surface area contributed by atoms with Crippen LogP contribution in [0.2, 0.25) is 10.0 Å². The largest absolute Gasteiger partial charge is 0.388 e. The van der Waals surface area contributed by atoms with E-state index in [-0.39, 0.29) is 6.42 Å². The fourth-order valence-corrected chi connectivity index (χ4v) is 2.40. The predicted molar refractivity (Wildman–Crippen MR) is 76.3 cm³/mol. The van der Waals surface area contributed by atoms with Crippen LogP contribution in [-0.2, 0) is 6.42 Å². The summed E-state index contributed by atoms with van der Waals surface area (Å²) in [6, 6.07) is 9.70. The number of aliphatic hydroxyl groups excluding tert-OH is 1. The fourth-order valence-electron chi connectivity index (χ4n) is 2.02. The Kier molecular flexibility index (Phi) is 4.46. The maximum absolute atomic E-state index is 13.7. The van der Waals surface area contributed by atoms with Crippen molar-refractivity contribution in [1.82, 2.24) is 0 Å². The molecule has 2 aromatic carbocycles. The zero-order valence-corrected chi connectivity index (χ0v) is 11.8. The summed E-state index contributed by atoms with van der Waals surface area (Å²) in [4.78, 5) is 0. The van der Waals surface area contributed by atoms with Crippen molar-refractivity contribution in [3.05, 3.63) is 69.0 Å². The van der Waals surface area contributed by atoms with E-state index in [4.69, 9.17) is 23.2 Å². The van der Waals surface area contributed by atoms with Crippen LogP contribution in [0.15, 0.2) is 36.4 Å². The van der Waals surface area contributed by atoms with E-state index in [1.165, 1.54) is 6.07 Å². The van der Waals surface area contributed by atoms with E-state index in [2.05, 4.69) is 0 Å². The van der Waals surface area contributed by atoms with Gasteiger partial charge in [-0.1, -0.05) is 35.3 Å². The summed E-state index contributed by atoms with van der Waals surface area (Å²) in [5.74, 6) is -0.404. The molecule has 0 fully saturated rings. The average Bonchev–Trinajstić information content (AvgIpc) is 2.32. The molecule has 0 saturated heterocycles. The third kappa shape index (κ3) is 3.47. The van der Waals surface area contributed by atoms with Gasteiger partial charge in [0.15, 0.2) is 0 Å². The Hall–Kier alpha value is -1.09. The lowest BCUT2D eigenvalue weighted by molar-refractivity contribution is 0.176. The lowest BCUT2D eigenvalue weighted by atomic mass is 9.97. The summed E-state index contributed by atoms with van der Waals surface area (Å²) in [7, 11) is 0. The molecule has 0 aliphatic carbocycles. The van der Waals surface area contributed by atoms with Crippen LogP contribution in [0.5, 0.6) is 0 Å². The van der Waals surface area contributed by atoms with Gasteiger partial charge in [-0.05, 0) is 47.9 Å². The predicted octanol–water partition coefficient (Wildman–Crippen LogP) is 4.72. The highest BCUT2D eigenvalue weighted by molar-refractivity contribution is 6.30. The Morgan fingerprint density at radius 1 is 1.11 bits per heavy atom. The topological polar surface area (TPSA) is 20.2 Å². The average molecular weight is 299 g/mol. The van der Waals surface area contributed by atoms with Crippen LogP contribution in [0, 0.1) is 12.7 Å². The van der Waals surface area contributed by atoms with Crippen molar-refractivity contribution in [3.63, 3.8) is 0 Å². The van der Waals surface area contributed by atoms with Gasteiger partial charge >= 0.3 is 0 Å². The molecule has 1 nitrogen and oxygen atoms in total. The summed E-state index contributed by atoms with van der Waals surface area (Å²) in [5, 5.41) is 11.2. The standard InChI is InChI=1S/C15H13Cl2FO/c1-9-6-11(16)4-5-13(9)15(19)7-10-2-3-12(17)8-14(10)18/h2-6,8,15,19H,7H2,1H3. The molecule has 2 aromatic rings. The quantitative estimate of drug-likeness (QED) is 0.869. The van der Waals surface area contributed by atoms with Crippen molar-refractivity contribution >= 4 is 23.2 Å². The minimum atomic E-state index is -0.770. The number of halogens is 3. The van der Waals surface area contributed by atoms with Gasteiger partial charge in [0.2, 0.25) is 0 Å². The number of aliphatic hydroxyl groups is 1. The molecule has 2 rings (SSSR count). The van der Waals surface area contributed by atoms with E-state index in [1.807, 2.05) is 6.92 Å². The summed E-state index contributed by atoms with van der Waals surface area (Å²) in [6.45, 7) is 1.86. The normalized spacial score (nSPS) is 12.5.